The Morgan fingerprint density at radius 3 is 2.06 bits per heavy atom. The number of nitrogens with zero attached hydrogens (tertiary/aromatic N) is 1. The highest BCUT2D eigenvalue weighted by Crippen LogP contribution is 2.26. The van der Waals surface area contributed by atoms with Crippen LogP contribution in [0.4, 0.5) is 5.69 Å². The Morgan fingerprint density at radius 1 is 0.839 bits per heavy atom. The SMILES string of the molecule is NS(=O)(=O)c1ccc(NC(=O)c2cccc3cccc(C(=O)N4CCCCC4)c23)cc1. The number of carbonyl (C=O) groups is 2. The van der Waals surface area contributed by atoms with E-state index in [9.17, 15) is 18.0 Å². The number of likely N-dealkylation sites (tertiary alicyclic amines) is 1. The number of piperidine rings is 1. The van der Waals surface area contributed by atoms with Crippen LogP contribution in [0.5, 0.6) is 0 Å². The number of nitrogens with one attached hydrogen (secondary N) is 1. The number of nitrogens with two attached hydrogens (primary N) is 1. The number of fused-ring (bicyclic) bond motifs is 1. The molecule has 31 heavy (non-hydrogen) atoms. The molecule has 8 heteroatoms. The second kappa shape index (κ2) is 8.49. The van der Waals surface area contributed by atoms with E-state index in [0.29, 0.717) is 22.2 Å². The van der Waals surface area contributed by atoms with Gasteiger partial charge in [-0.25, -0.2) is 13.6 Å². The zero-order valence-electron chi connectivity index (χ0n) is 16.9. The molecule has 7 nitrogen and oxygen atoms in total. The van der Waals surface area contributed by atoms with Gasteiger partial charge in [-0.05, 0) is 61.0 Å². The van der Waals surface area contributed by atoms with E-state index in [2.05, 4.69) is 5.32 Å². The van der Waals surface area contributed by atoms with Crippen molar-refractivity contribution in [3.63, 3.8) is 0 Å². The number of primary sulfonamides is 1. The lowest BCUT2D eigenvalue weighted by atomic mass is 9.97. The molecule has 3 N–H and O–H groups in total. The molecule has 1 aliphatic heterocycles. The summed E-state index contributed by atoms with van der Waals surface area (Å²) in [4.78, 5) is 28.1. The molecule has 1 fully saturated rings. The van der Waals surface area contributed by atoms with Gasteiger partial charge >= 0.3 is 0 Å². The number of rotatable bonds is 4. The van der Waals surface area contributed by atoms with Gasteiger partial charge in [0.05, 0.1) is 4.90 Å². The Morgan fingerprint density at radius 2 is 1.45 bits per heavy atom. The van der Waals surface area contributed by atoms with Crippen LogP contribution in [0.25, 0.3) is 10.8 Å². The molecule has 0 saturated carbocycles. The van der Waals surface area contributed by atoms with Crippen molar-refractivity contribution in [1.82, 2.24) is 4.90 Å². The number of carbonyl (C=O) groups excluding carboxylic acids is 2. The molecule has 0 spiro atoms. The Kier molecular flexibility index (Phi) is 5.75. The van der Waals surface area contributed by atoms with E-state index >= 15 is 0 Å². The van der Waals surface area contributed by atoms with Crippen molar-refractivity contribution in [2.75, 3.05) is 18.4 Å². The molecule has 1 saturated heterocycles. The van der Waals surface area contributed by atoms with Crippen LogP contribution in [0.15, 0.2) is 65.6 Å². The first-order chi connectivity index (χ1) is 14.8. The lowest BCUT2D eigenvalue weighted by Gasteiger charge is -2.27. The average Bonchev–Trinajstić information content (AvgIpc) is 2.78. The van der Waals surface area contributed by atoms with Crippen molar-refractivity contribution in [2.24, 2.45) is 5.14 Å². The largest absolute Gasteiger partial charge is 0.339 e. The monoisotopic (exact) mass is 437 g/mol. The van der Waals surface area contributed by atoms with Gasteiger partial charge in [0.15, 0.2) is 0 Å². The quantitative estimate of drug-likeness (QED) is 0.652. The second-order valence-electron chi connectivity index (χ2n) is 7.59. The minimum Gasteiger partial charge on any atom is -0.339 e. The van der Waals surface area contributed by atoms with E-state index in [1.165, 1.54) is 24.3 Å². The van der Waals surface area contributed by atoms with Crippen molar-refractivity contribution >= 4 is 38.3 Å². The lowest BCUT2D eigenvalue weighted by Crippen LogP contribution is -2.35. The van der Waals surface area contributed by atoms with E-state index in [1.807, 2.05) is 23.1 Å². The van der Waals surface area contributed by atoms with Gasteiger partial charge in [0.1, 0.15) is 0 Å². The lowest BCUT2D eigenvalue weighted by molar-refractivity contribution is 0.0726. The summed E-state index contributed by atoms with van der Waals surface area (Å²) in [6, 6.07) is 16.4. The van der Waals surface area contributed by atoms with Crippen LogP contribution in [0.1, 0.15) is 40.0 Å². The molecule has 0 atom stereocenters. The smallest absolute Gasteiger partial charge is 0.256 e. The van der Waals surface area contributed by atoms with E-state index in [4.69, 9.17) is 5.14 Å². The Balaban J connectivity index is 1.68. The van der Waals surface area contributed by atoms with Crippen LogP contribution in [0.2, 0.25) is 0 Å². The van der Waals surface area contributed by atoms with Crippen LogP contribution in [-0.2, 0) is 10.0 Å². The summed E-state index contributed by atoms with van der Waals surface area (Å²) in [5, 5.41) is 9.31. The molecule has 0 bridgehead atoms. The number of sulfonamides is 1. The zero-order valence-corrected chi connectivity index (χ0v) is 17.7. The van der Waals surface area contributed by atoms with E-state index < -0.39 is 10.0 Å². The predicted octanol–water partition coefficient (Wildman–Crippen LogP) is 3.37. The Bertz CT molecular complexity index is 1240. The fourth-order valence-electron chi connectivity index (χ4n) is 3.90. The molecular formula is C23H23N3O4S. The first kappa shape index (κ1) is 21.0. The fourth-order valence-corrected chi connectivity index (χ4v) is 4.42. The van der Waals surface area contributed by atoms with Gasteiger partial charge in [0.2, 0.25) is 10.0 Å². The average molecular weight is 438 g/mol. The Hall–Kier alpha value is -3.23. The van der Waals surface area contributed by atoms with Gasteiger partial charge in [0.25, 0.3) is 11.8 Å². The molecule has 160 valence electrons. The highest BCUT2D eigenvalue weighted by molar-refractivity contribution is 7.89. The van der Waals surface area contributed by atoms with Crippen molar-refractivity contribution in [2.45, 2.75) is 24.2 Å². The van der Waals surface area contributed by atoms with Crippen molar-refractivity contribution in [1.29, 1.82) is 0 Å². The normalized spacial score (nSPS) is 14.4. The first-order valence-corrected chi connectivity index (χ1v) is 11.6. The highest BCUT2D eigenvalue weighted by Gasteiger charge is 2.22. The van der Waals surface area contributed by atoms with Gasteiger partial charge < -0.3 is 10.2 Å². The van der Waals surface area contributed by atoms with Gasteiger partial charge in [-0.15, -0.1) is 0 Å². The number of anilines is 1. The van der Waals surface area contributed by atoms with Crippen LogP contribution >= 0.6 is 0 Å². The third-order valence-electron chi connectivity index (χ3n) is 5.46. The molecule has 1 heterocycles. The maximum Gasteiger partial charge on any atom is 0.256 e. The van der Waals surface area contributed by atoms with Gasteiger partial charge in [0, 0.05) is 35.3 Å². The highest BCUT2D eigenvalue weighted by atomic mass is 32.2. The topological polar surface area (TPSA) is 110 Å². The molecular weight excluding hydrogens is 414 g/mol. The Labute approximate surface area is 180 Å². The van der Waals surface area contributed by atoms with Crippen molar-refractivity contribution in [3.8, 4) is 0 Å². The molecule has 0 aliphatic carbocycles. The maximum atomic E-state index is 13.2. The molecule has 3 aromatic rings. The maximum absolute atomic E-state index is 13.2. The molecule has 3 aromatic carbocycles. The minimum absolute atomic E-state index is 0.0370. The van der Waals surface area contributed by atoms with Gasteiger partial charge in [-0.2, -0.15) is 0 Å². The molecule has 1 aliphatic rings. The van der Waals surface area contributed by atoms with Crippen LogP contribution in [0, 0.1) is 0 Å². The third kappa shape index (κ3) is 4.45. The third-order valence-corrected chi connectivity index (χ3v) is 6.39. The standard InChI is InChI=1S/C23H23N3O4S/c24-31(29,30)18-12-10-17(11-13-18)25-22(27)19-8-4-6-16-7-5-9-20(21(16)19)23(28)26-14-2-1-3-15-26/h4-13H,1-3,14-15H2,(H,25,27)(H2,24,29,30). The first-order valence-electron chi connectivity index (χ1n) is 10.1. The van der Waals surface area contributed by atoms with Gasteiger partial charge in [-0.3, -0.25) is 9.59 Å². The summed E-state index contributed by atoms with van der Waals surface area (Å²) >= 11 is 0. The second-order valence-corrected chi connectivity index (χ2v) is 9.15. The number of hydrogen-bond acceptors (Lipinski definition) is 4. The molecule has 4 rings (SSSR count). The summed E-state index contributed by atoms with van der Waals surface area (Å²) in [6.07, 6.45) is 3.09. The predicted molar refractivity (Wildman–Crippen MR) is 119 cm³/mol. The van der Waals surface area contributed by atoms with Crippen LogP contribution in [0.3, 0.4) is 0 Å². The number of amides is 2. The van der Waals surface area contributed by atoms with E-state index in [1.54, 1.807) is 18.2 Å². The molecule has 2 amide bonds. The molecule has 0 unspecified atom stereocenters. The molecule has 0 aromatic heterocycles. The number of benzene rings is 3. The summed E-state index contributed by atoms with van der Waals surface area (Å²) in [5.74, 6) is -0.448. The zero-order chi connectivity index (χ0) is 22.0. The number of hydrogen-bond donors (Lipinski definition) is 2. The summed E-state index contributed by atoms with van der Waals surface area (Å²) in [7, 11) is -3.81. The van der Waals surface area contributed by atoms with Crippen molar-refractivity contribution < 1.29 is 18.0 Å². The summed E-state index contributed by atoms with van der Waals surface area (Å²) < 4.78 is 22.8. The van der Waals surface area contributed by atoms with E-state index in [0.717, 1.165) is 37.7 Å². The molecule has 0 radical (unpaired) electrons. The fraction of sp³-hybridized carbons (Fsp3) is 0.217. The van der Waals surface area contributed by atoms with Gasteiger partial charge in [-0.1, -0.05) is 24.3 Å². The van der Waals surface area contributed by atoms with Crippen LogP contribution < -0.4 is 10.5 Å². The van der Waals surface area contributed by atoms with E-state index in [-0.39, 0.29) is 16.7 Å². The van der Waals surface area contributed by atoms with Crippen molar-refractivity contribution in [3.05, 3.63) is 71.8 Å². The van der Waals surface area contributed by atoms with Crippen LogP contribution in [-0.4, -0.2) is 38.2 Å². The summed E-state index contributed by atoms with van der Waals surface area (Å²) in [6.45, 7) is 1.44. The minimum atomic E-state index is -3.81. The summed E-state index contributed by atoms with van der Waals surface area (Å²) in [5.41, 5.74) is 1.32.